The van der Waals surface area contributed by atoms with Crippen molar-refractivity contribution in [2.45, 2.75) is 25.8 Å². The van der Waals surface area contributed by atoms with Crippen LogP contribution in [0.15, 0.2) is 48.7 Å². The van der Waals surface area contributed by atoms with E-state index in [1.807, 2.05) is 25.1 Å². The highest BCUT2D eigenvalue weighted by molar-refractivity contribution is 5.28. The Kier molecular flexibility index (Phi) is 3.25. The molecular formula is C15H18N2. The van der Waals surface area contributed by atoms with E-state index in [9.17, 15) is 0 Å². The Hall–Kier alpha value is -1.67. The van der Waals surface area contributed by atoms with Crippen molar-refractivity contribution in [2.75, 3.05) is 0 Å². The summed E-state index contributed by atoms with van der Waals surface area (Å²) in [5.74, 6) is 0. The van der Waals surface area contributed by atoms with E-state index in [-0.39, 0.29) is 5.54 Å². The number of nitrogens with two attached hydrogens (primary N) is 1. The molecule has 2 rings (SSSR count). The third kappa shape index (κ3) is 2.92. The molecule has 1 aromatic heterocycles. The topological polar surface area (TPSA) is 38.9 Å². The van der Waals surface area contributed by atoms with Gasteiger partial charge in [0.2, 0.25) is 0 Å². The summed E-state index contributed by atoms with van der Waals surface area (Å²) in [5, 5.41) is 0. The van der Waals surface area contributed by atoms with E-state index in [0.29, 0.717) is 0 Å². The fourth-order valence-electron chi connectivity index (χ4n) is 1.92. The summed E-state index contributed by atoms with van der Waals surface area (Å²) in [7, 11) is 0. The molecule has 0 radical (unpaired) electrons. The van der Waals surface area contributed by atoms with Crippen LogP contribution in [0.5, 0.6) is 0 Å². The van der Waals surface area contributed by atoms with E-state index < -0.39 is 0 Å². The maximum atomic E-state index is 6.38. The summed E-state index contributed by atoms with van der Waals surface area (Å²) in [6, 6.07) is 14.3. The monoisotopic (exact) mass is 226 g/mol. The lowest BCUT2D eigenvalue weighted by molar-refractivity contribution is 0.485. The zero-order valence-electron chi connectivity index (χ0n) is 10.4. The largest absolute Gasteiger partial charge is 0.321 e. The van der Waals surface area contributed by atoms with Gasteiger partial charge in [0.15, 0.2) is 0 Å². The minimum absolute atomic E-state index is 0.373. The maximum absolute atomic E-state index is 6.38. The highest BCUT2D eigenvalue weighted by Crippen LogP contribution is 2.22. The molecule has 0 spiro atoms. The van der Waals surface area contributed by atoms with Crippen LogP contribution in [0.4, 0.5) is 0 Å². The predicted octanol–water partition coefficient (Wildman–Crippen LogP) is 2.81. The van der Waals surface area contributed by atoms with Crippen LogP contribution in [0.3, 0.4) is 0 Å². The van der Waals surface area contributed by atoms with E-state index in [0.717, 1.165) is 17.7 Å². The van der Waals surface area contributed by atoms with Crippen LogP contribution in [0.2, 0.25) is 0 Å². The lowest BCUT2D eigenvalue weighted by Gasteiger charge is -2.25. The standard InChI is InChI=1S/C15H18N2/c1-12-6-8-13(9-7-12)15(2,16)11-14-5-3-4-10-17-14/h3-10H,11,16H2,1-2H3. The van der Waals surface area contributed by atoms with Gasteiger partial charge in [-0.25, -0.2) is 0 Å². The molecule has 0 aliphatic carbocycles. The van der Waals surface area contributed by atoms with Gasteiger partial charge in [0.1, 0.15) is 0 Å². The van der Waals surface area contributed by atoms with Gasteiger partial charge in [-0.3, -0.25) is 4.98 Å². The van der Waals surface area contributed by atoms with E-state index >= 15 is 0 Å². The molecule has 0 fully saturated rings. The minimum atomic E-state index is -0.373. The quantitative estimate of drug-likeness (QED) is 0.874. The molecule has 0 aliphatic heterocycles. The number of nitrogens with zero attached hydrogens (tertiary/aromatic N) is 1. The van der Waals surface area contributed by atoms with Gasteiger partial charge in [-0.15, -0.1) is 0 Å². The van der Waals surface area contributed by atoms with Gasteiger partial charge in [-0.05, 0) is 31.5 Å². The van der Waals surface area contributed by atoms with Gasteiger partial charge >= 0.3 is 0 Å². The van der Waals surface area contributed by atoms with Crippen molar-refractivity contribution in [1.82, 2.24) is 4.98 Å². The van der Waals surface area contributed by atoms with Crippen LogP contribution < -0.4 is 5.73 Å². The molecule has 1 heterocycles. The average Bonchev–Trinajstić information content (AvgIpc) is 2.30. The molecule has 88 valence electrons. The van der Waals surface area contributed by atoms with Crippen LogP contribution in [0.25, 0.3) is 0 Å². The smallest absolute Gasteiger partial charge is 0.0436 e. The van der Waals surface area contributed by atoms with Crippen molar-refractivity contribution < 1.29 is 0 Å². The third-order valence-electron chi connectivity index (χ3n) is 2.99. The van der Waals surface area contributed by atoms with Gasteiger partial charge in [-0.2, -0.15) is 0 Å². The zero-order valence-corrected chi connectivity index (χ0v) is 10.4. The number of aromatic nitrogens is 1. The first-order chi connectivity index (χ1) is 8.08. The summed E-state index contributed by atoms with van der Waals surface area (Å²) in [5.41, 5.74) is 9.43. The van der Waals surface area contributed by atoms with Crippen molar-refractivity contribution in [2.24, 2.45) is 5.73 Å². The van der Waals surface area contributed by atoms with Crippen molar-refractivity contribution in [3.8, 4) is 0 Å². The number of rotatable bonds is 3. The summed E-state index contributed by atoms with van der Waals surface area (Å²) in [6.45, 7) is 4.13. The molecule has 2 N–H and O–H groups in total. The highest BCUT2D eigenvalue weighted by atomic mass is 14.8. The summed E-state index contributed by atoms with van der Waals surface area (Å²) in [4.78, 5) is 4.33. The van der Waals surface area contributed by atoms with Gasteiger partial charge in [0.25, 0.3) is 0 Å². The molecule has 0 saturated carbocycles. The number of aryl methyl sites for hydroxylation is 1. The SMILES string of the molecule is Cc1ccc(C(C)(N)Cc2ccccn2)cc1. The molecule has 17 heavy (non-hydrogen) atoms. The van der Waals surface area contributed by atoms with Gasteiger partial charge in [0, 0.05) is 23.9 Å². The number of hydrogen-bond donors (Lipinski definition) is 1. The Balaban J connectivity index is 2.21. The summed E-state index contributed by atoms with van der Waals surface area (Å²) < 4.78 is 0. The number of hydrogen-bond acceptors (Lipinski definition) is 2. The zero-order chi connectivity index (χ0) is 12.3. The van der Waals surface area contributed by atoms with Crippen molar-refractivity contribution in [1.29, 1.82) is 0 Å². The van der Waals surface area contributed by atoms with Gasteiger partial charge in [0.05, 0.1) is 0 Å². The fourth-order valence-corrected chi connectivity index (χ4v) is 1.92. The Morgan fingerprint density at radius 1 is 1.12 bits per heavy atom. The normalized spacial score (nSPS) is 14.3. The third-order valence-corrected chi connectivity index (χ3v) is 2.99. The average molecular weight is 226 g/mol. The number of benzene rings is 1. The molecule has 0 amide bonds. The Morgan fingerprint density at radius 2 is 1.82 bits per heavy atom. The Labute approximate surface area is 103 Å². The second-order valence-electron chi connectivity index (χ2n) is 4.78. The summed E-state index contributed by atoms with van der Waals surface area (Å²) in [6.07, 6.45) is 2.55. The second-order valence-corrected chi connectivity index (χ2v) is 4.78. The first-order valence-electron chi connectivity index (χ1n) is 5.84. The first kappa shape index (κ1) is 11.8. The fraction of sp³-hybridized carbons (Fsp3) is 0.267. The Bertz CT molecular complexity index is 472. The first-order valence-corrected chi connectivity index (χ1v) is 5.84. The van der Waals surface area contributed by atoms with E-state index in [1.54, 1.807) is 6.20 Å². The number of pyridine rings is 1. The minimum Gasteiger partial charge on any atom is -0.321 e. The van der Waals surface area contributed by atoms with Crippen LogP contribution in [0, 0.1) is 6.92 Å². The molecule has 0 saturated heterocycles. The van der Waals surface area contributed by atoms with Crippen LogP contribution >= 0.6 is 0 Å². The summed E-state index contributed by atoms with van der Waals surface area (Å²) >= 11 is 0. The molecule has 2 aromatic rings. The highest BCUT2D eigenvalue weighted by Gasteiger charge is 2.21. The van der Waals surface area contributed by atoms with Gasteiger partial charge < -0.3 is 5.73 Å². The molecule has 1 unspecified atom stereocenters. The van der Waals surface area contributed by atoms with Crippen molar-refractivity contribution >= 4 is 0 Å². The van der Waals surface area contributed by atoms with Crippen molar-refractivity contribution in [3.63, 3.8) is 0 Å². The van der Waals surface area contributed by atoms with E-state index in [4.69, 9.17) is 5.73 Å². The molecule has 2 heteroatoms. The van der Waals surface area contributed by atoms with Crippen molar-refractivity contribution in [3.05, 3.63) is 65.5 Å². The molecule has 0 aliphatic rings. The lowest BCUT2D eigenvalue weighted by Crippen LogP contribution is -2.35. The second kappa shape index (κ2) is 4.68. The molecule has 1 aromatic carbocycles. The maximum Gasteiger partial charge on any atom is 0.0436 e. The molecule has 0 bridgehead atoms. The van der Waals surface area contributed by atoms with Crippen LogP contribution in [-0.4, -0.2) is 4.98 Å². The van der Waals surface area contributed by atoms with Crippen LogP contribution in [0.1, 0.15) is 23.7 Å². The molecular weight excluding hydrogens is 208 g/mol. The van der Waals surface area contributed by atoms with E-state index in [2.05, 4.69) is 36.2 Å². The lowest BCUT2D eigenvalue weighted by atomic mass is 9.88. The van der Waals surface area contributed by atoms with Crippen LogP contribution in [-0.2, 0) is 12.0 Å². The molecule has 1 atom stereocenters. The Morgan fingerprint density at radius 3 is 2.41 bits per heavy atom. The van der Waals surface area contributed by atoms with E-state index in [1.165, 1.54) is 5.56 Å². The molecule has 2 nitrogen and oxygen atoms in total. The predicted molar refractivity (Wildman–Crippen MR) is 70.7 cm³/mol. The van der Waals surface area contributed by atoms with Gasteiger partial charge in [-0.1, -0.05) is 35.9 Å².